The Hall–Kier alpha value is -1.53. The van der Waals surface area contributed by atoms with Crippen LogP contribution in [0.3, 0.4) is 0 Å². The Morgan fingerprint density at radius 3 is 2.85 bits per heavy atom. The molecule has 1 saturated heterocycles. The van der Waals surface area contributed by atoms with Crippen LogP contribution in [0.1, 0.15) is 19.3 Å². The predicted octanol–water partition coefficient (Wildman–Crippen LogP) is 1.92. The van der Waals surface area contributed by atoms with E-state index < -0.39 is 10.0 Å². The van der Waals surface area contributed by atoms with Gasteiger partial charge in [-0.2, -0.15) is 4.31 Å². The molecule has 1 aromatic heterocycles. The molecule has 0 radical (unpaired) electrons. The number of rotatable bonds is 2. The molecule has 0 amide bonds. The number of nitrogens with one attached hydrogen (secondary N) is 1. The Labute approximate surface area is 117 Å². The molecule has 2 fully saturated rings. The maximum atomic E-state index is 12.9. The van der Waals surface area contributed by atoms with E-state index in [1.165, 1.54) is 6.42 Å². The van der Waals surface area contributed by atoms with Gasteiger partial charge in [-0.05, 0) is 43.4 Å². The molecular weight excluding hydrogens is 274 g/mol. The lowest BCUT2D eigenvalue weighted by molar-refractivity contribution is 0.334. The number of fused-ring (bicyclic) bond motifs is 3. The van der Waals surface area contributed by atoms with E-state index in [4.69, 9.17) is 5.73 Å². The first-order valence-corrected chi connectivity index (χ1v) is 8.38. The van der Waals surface area contributed by atoms with E-state index in [2.05, 4.69) is 4.98 Å². The predicted molar refractivity (Wildman–Crippen MR) is 77.7 cm³/mol. The van der Waals surface area contributed by atoms with Crippen molar-refractivity contribution in [2.24, 2.45) is 5.92 Å². The number of sulfonamides is 1. The van der Waals surface area contributed by atoms with Gasteiger partial charge in [-0.1, -0.05) is 0 Å². The SMILES string of the molecule is Nc1ccc2c(S(=O)(=O)N3CC4CCC3C4)c[nH]c2c1. The van der Waals surface area contributed by atoms with Crippen molar-refractivity contribution in [1.29, 1.82) is 0 Å². The summed E-state index contributed by atoms with van der Waals surface area (Å²) in [6.07, 6.45) is 4.78. The molecule has 3 N–H and O–H groups in total. The van der Waals surface area contributed by atoms with Gasteiger partial charge in [-0.15, -0.1) is 0 Å². The van der Waals surface area contributed by atoms with Gasteiger partial charge < -0.3 is 10.7 Å². The molecular formula is C14H17N3O2S. The maximum absolute atomic E-state index is 12.9. The summed E-state index contributed by atoms with van der Waals surface area (Å²) < 4.78 is 27.4. The zero-order valence-corrected chi connectivity index (χ0v) is 11.9. The second-order valence-corrected chi connectivity index (χ2v) is 7.72. The average Bonchev–Trinajstić information content (AvgIpc) is 3.12. The minimum Gasteiger partial charge on any atom is -0.399 e. The molecule has 4 rings (SSSR count). The van der Waals surface area contributed by atoms with E-state index in [1.54, 1.807) is 28.7 Å². The van der Waals surface area contributed by atoms with E-state index in [1.807, 2.05) is 0 Å². The molecule has 2 unspecified atom stereocenters. The third kappa shape index (κ3) is 1.61. The van der Waals surface area contributed by atoms with Gasteiger partial charge in [0.1, 0.15) is 4.90 Å². The number of aromatic nitrogens is 1. The zero-order chi connectivity index (χ0) is 13.9. The number of nitrogens with zero attached hydrogens (tertiary/aromatic N) is 1. The second kappa shape index (κ2) is 3.99. The molecule has 1 aliphatic heterocycles. The normalized spacial score (nSPS) is 26.6. The first-order chi connectivity index (χ1) is 9.55. The fourth-order valence-electron chi connectivity index (χ4n) is 3.63. The van der Waals surface area contributed by atoms with Crippen molar-refractivity contribution in [2.45, 2.75) is 30.2 Å². The van der Waals surface area contributed by atoms with Crippen molar-refractivity contribution >= 4 is 26.6 Å². The number of H-pyrrole nitrogens is 1. The summed E-state index contributed by atoms with van der Waals surface area (Å²) in [5.41, 5.74) is 7.13. The van der Waals surface area contributed by atoms with Crippen LogP contribution in [0, 0.1) is 5.92 Å². The Morgan fingerprint density at radius 2 is 2.15 bits per heavy atom. The van der Waals surface area contributed by atoms with Crippen molar-refractivity contribution in [3.8, 4) is 0 Å². The van der Waals surface area contributed by atoms with Crippen LogP contribution in [0.25, 0.3) is 10.9 Å². The molecule has 1 aromatic carbocycles. The van der Waals surface area contributed by atoms with Crippen LogP contribution < -0.4 is 5.73 Å². The molecule has 5 nitrogen and oxygen atoms in total. The number of hydrogen-bond acceptors (Lipinski definition) is 3. The van der Waals surface area contributed by atoms with E-state index in [-0.39, 0.29) is 6.04 Å². The summed E-state index contributed by atoms with van der Waals surface area (Å²) in [6, 6.07) is 5.49. The molecule has 6 heteroatoms. The van der Waals surface area contributed by atoms with Crippen molar-refractivity contribution in [3.63, 3.8) is 0 Å². The highest BCUT2D eigenvalue weighted by Crippen LogP contribution is 2.41. The van der Waals surface area contributed by atoms with E-state index in [9.17, 15) is 8.42 Å². The van der Waals surface area contributed by atoms with Crippen LogP contribution >= 0.6 is 0 Å². The quantitative estimate of drug-likeness (QED) is 0.830. The molecule has 2 aliphatic rings. The van der Waals surface area contributed by atoms with Crippen molar-refractivity contribution in [1.82, 2.24) is 9.29 Å². The minimum absolute atomic E-state index is 0.198. The summed E-state index contributed by atoms with van der Waals surface area (Å²) in [7, 11) is -3.40. The highest BCUT2D eigenvalue weighted by atomic mass is 32.2. The molecule has 1 aliphatic carbocycles. The second-order valence-electron chi connectivity index (χ2n) is 5.87. The van der Waals surface area contributed by atoms with Gasteiger partial charge in [0.25, 0.3) is 0 Å². The van der Waals surface area contributed by atoms with Crippen LogP contribution in [-0.2, 0) is 10.0 Å². The van der Waals surface area contributed by atoms with Crippen LogP contribution in [0.15, 0.2) is 29.3 Å². The fraction of sp³-hybridized carbons (Fsp3) is 0.429. The lowest BCUT2D eigenvalue weighted by Crippen LogP contribution is -2.37. The highest BCUT2D eigenvalue weighted by Gasteiger charge is 2.44. The van der Waals surface area contributed by atoms with E-state index in [0.717, 1.165) is 23.7 Å². The number of hydrogen-bond donors (Lipinski definition) is 2. The first-order valence-electron chi connectivity index (χ1n) is 6.94. The van der Waals surface area contributed by atoms with E-state index in [0.29, 0.717) is 23.0 Å². The van der Waals surface area contributed by atoms with Crippen LogP contribution in [0.2, 0.25) is 0 Å². The standard InChI is InChI=1S/C14H17N3O2S/c15-10-2-4-12-13(6-10)16-7-14(12)20(18,19)17-8-9-1-3-11(17)5-9/h2,4,6-7,9,11,16H,1,3,5,8,15H2. The van der Waals surface area contributed by atoms with Gasteiger partial charge in [0.2, 0.25) is 10.0 Å². The van der Waals surface area contributed by atoms with Crippen LogP contribution in [-0.4, -0.2) is 30.3 Å². The molecule has 2 bridgehead atoms. The summed E-state index contributed by atoms with van der Waals surface area (Å²) in [6.45, 7) is 0.675. The minimum atomic E-state index is -3.40. The molecule has 20 heavy (non-hydrogen) atoms. The number of anilines is 1. The van der Waals surface area contributed by atoms with Gasteiger partial charge in [0, 0.05) is 35.4 Å². The molecule has 106 valence electrons. The third-order valence-corrected chi connectivity index (χ3v) is 6.57. The Morgan fingerprint density at radius 1 is 1.30 bits per heavy atom. The Balaban J connectivity index is 1.82. The first kappa shape index (κ1) is 12.2. The number of aromatic amines is 1. The van der Waals surface area contributed by atoms with E-state index >= 15 is 0 Å². The zero-order valence-electron chi connectivity index (χ0n) is 11.0. The number of nitrogens with two attached hydrogens (primary N) is 1. The van der Waals surface area contributed by atoms with Gasteiger partial charge in [0.15, 0.2) is 0 Å². The number of piperidine rings is 1. The largest absolute Gasteiger partial charge is 0.399 e. The molecule has 0 spiro atoms. The summed E-state index contributed by atoms with van der Waals surface area (Å²) in [5, 5.41) is 0.724. The molecule has 1 saturated carbocycles. The van der Waals surface area contributed by atoms with Crippen molar-refractivity contribution in [3.05, 3.63) is 24.4 Å². The molecule has 2 atom stereocenters. The monoisotopic (exact) mass is 291 g/mol. The van der Waals surface area contributed by atoms with Crippen molar-refractivity contribution in [2.75, 3.05) is 12.3 Å². The van der Waals surface area contributed by atoms with Gasteiger partial charge in [-0.3, -0.25) is 0 Å². The maximum Gasteiger partial charge on any atom is 0.245 e. The Kier molecular flexibility index (Phi) is 2.44. The van der Waals surface area contributed by atoms with Gasteiger partial charge in [-0.25, -0.2) is 8.42 Å². The van der Waals surface area contributed by atoms with Gasteiger partial charge >= 0.3 is 0 Å². The molecule has 2 aromatic rings. The molecule has 2 heterocycles. The average molecular weight is 291 g/mol. The summed E-state index contributed by atoms with van der Waals surface area (Å²) in [4.78, 5) is 3.39. The van der Waals surface area contributed by atoms with Crippen LogP contribution in [0.5, 0.6) is 0 Å². The Bertz CT molecular complexity index is 781. The van der Waals surface area contributed by atoms with Crippen LogP contribution in [0.4, 0.5) is 5.69 Å². The summed E-state index contributed by atoms with van der Waals surface area (Å²) >= 11 is 0. The lowest BCUT2D eigenvalue weighted by atomic mass is 10.1. The van der Waals surface area contributed by atoms with Gasteiger partial charge in [0.05, 0.1) is 0 Å². The third-order valence-electron chi connectivity index (χ3n) is 4.61. The smallest absolute Gasteiger partial charge is 0.245 e. The lowest BCUT2D eigenvalue weighted by Gasteiger charge is -2.25. The topological polar surface area (TPSA) is 79.2 Å². The number of nitrogen functional groups attached to an aromatic ring is 1. The highest BCUT2D eigenvalue weighted by molar-refractivity contribution is 7.89. The van der Waals surface area contributed by atoms with Crippen molar-refractivity contribution < 1.29 is 8.42 Å². The summed E-state index contributed by atoms with van der Waals surface area (Å²) in [5.74, 6) is 0.552. The fourth-order valence-corrected chi connectivity index (χ4v) is 5.54. The number of benzene rings is 1.